The van der Waals surface area contributed by atoms with E-state index in [-0.39, 0.29) is 5.91 Å². The van der Waals surface area contributed by atoms with Crippen molar-refractivity contribution in [3.05, 3.63) is 52.8 Å². The average molecular weight is 397 g/mol. The Balaban J connectivity index is 1.40. The molecular formula is C23H32N4O2. The van der Waals surface area contributed by atoms with Crippen molar-refractivity contribution in [2.75, 3.05) is 45.9 Å². The SMILES string of the molecule is Cc1cc(C)n(Cc2cccc(C(=O)N3CCCC(CN4CCOCC4)C3)c2)n1. The number of ether oxygens (including phenoxy) is 1. The summed E-state index contributed by atoms with van der Waals surface area (Å²) in [7, 11) is 0. The molecule has 2 fully saturated rings. The first-order valence-corrected chi connectivity index (χ1v) is 10.8. The Hall–Kier alpha value is -2.18. The molecule has 6 heteroatoms. The normalized spacial score (nSPS) is 20.8. The van der Waals surface area contributed by atoms with Crippen LogP contribution < -0.4 is 0 Å². The van der Waals surface area contributed by atoms with Gasteiger partial charge < -0.3 is 9.64 Å². The smallest absolute Gasteiger partial charge is 0.253 e. The first kappa shape index (κ1) is 20.1. The minimum atomic E-state index is 0.159. The Morgan fingerprint density at radius 3 is 2.76 bits per heavy atom. The van der Waals surface area contributed by atoms with Gasteiger partial charge in [0.1, 0.15) is 0 Å². The van der Waals surface area contributed by atoms with Crippen molar-refractivity contribution < 1.29 is 9.53 Å². The standard InChI is InChI=1S/C23H32N4O2/c1-18-13-19(2)27(24-18)17-20-5-3-7-22(14-20)23(28)26-8-4-6-21(16-26)15-25-9-11-29-12-10-25/h3,5,7,13-14,21H,4,6,8-12,15-17H2,1-2H3. The predicted molar refractivity (Wildman–Crippen MR) is 113 cm³/mol. The third-order valence-corrected chi connectivity index (χ3v) is 6.04. The number of benzene rings is 1. The minimum absolute atomic E-state index is 0.159. The van der Waals surface area contributed by atoms with E-state index in [1.807, 2.05) is 29.8 Å². The number of carbonyl (C=O) groups is 1. The molecule has 1 atom stereocenters. The summed E-state index contributed by atoms with van der Waals surface area (Å²) in [6.45, 7) is 11.3. The number of likely N-dealkylation sites (tertiary alicyclic amines) is 1. The van der Waals surface area contributed by atoms with E-state index in [9.17, 15) is 4.79 Å². The second-order valence-electron chi connectivity index (χ2n) is 8.46. The highest BCUT2D eigenvalue weighted by atomic mass is 16.5. The largest absolute Gasteiger partial charge is 0.379 e. The van der Waals surface area contributed by atoms with E-state index < -0.39 is 0 Å². The molecule has 29 heavy (non-hydrogen) atoms. The van der Waals surface area contributed by atoms with Crippen LogP contribution in [0.15, 0.2) is 30.3 Å². The molecule has 156 valence electrons. The highest BCUT2D eigenvalue weighted by Gasteiger charge is 2.26. The maximum Gasteiger partial charge on any atom is 0.253 e. The third kappa shape index (κ3) is 5.06. The van der Waals surface area contributed by atoms with Crippen LogP contribution in [0.2, 0.25) is 0 Å². The van der Waals surface area contributed by atoms with Crippen molar-refractivity contribution >= 4 is 5.91 Å². The number of nitrogens with zero attached hydrogens (tertiary/aromatic N) is 4. The molecule has 2 aliphatic heterocycles. The zero-order valence-electron chi connectivity index (χ0n) is 17.6. The fraction of sp³-hybridized carbons (Fsp3) is 0.565. The van der Waals surface area contributed by atoms with E-state index in [0.29, 0.717) is 12.5 Å². The Morgan fingerprint density at radius 2 is 2.00 bits per heavy atom. The molecule has 2 aliphatic rings. The van der Waals surface area contributed by atoms with E-state index in [0.717, 1.165) is 74.9 Å². The van der Waals surface area contributed by atoms with Gasteiger partial charge in [0.15, 0.2) is 0 Å². The third-order valence-electron chi connectivity index (χ3n) is 6.04. The van der Waals surface area contributed by atoms with Gasteiger partial charge in [0.25, 0.3) is 5.91 Å². The molecule has 0 aliphatic carbocycles. The van der Waals surface area contributed by atoms with Crippen LogP contribution in [0.4, 0.5) is 0 Å². The summed E-state index contributed by atoms with van der Waals surface area (Å²) in [5.41, 5.74) is 4.07. The van der Waals surface area contributed by atoms with Gasteiger partial charge in [0.05, 0.1) is 25.5 Å². The zero-order chi connectivity index (χ0) is 20.2. The van der Waals surface area contributed by atoms with Gasteiger partial charge >= 0.3 is 0 Å². The molecule has 1 amide bonds. The average Bonchev–Trinajstić information content (AvgIpc) is 3.05. The first-order chi connectivity index (χ1) is 14.1. The number of aromatic nitrogens is 2. The molecule has 6 nitrogen and oxygen atoms in total. The van der Waals surface area contributed by atoms with E-state index in [2.05, 4.69) is 34.0 Å². The zero-order valence-corrected chi connectivity index (χ0v) is 17.6. The Bertz CT molecular complexity index is 841. The van der Waals surface area contributed by atoms with Crippen LogP contribution in [0, 0.1) is 19.8 Å². The van der Waals surface area contributed by atoms with Crippen molar-refractivity contribution in [2.45, 2.75) is 33.2 Å². The number of hydrogen-bond acceptors (Lipinski definition) is 4. The quantitative estimate of drug-likeness (QED) is 0.780. The van der Waals surface area contributed by atoms with E-state index in [1.54, 1.807) is 0 Å². The summed E-state index contributed by atoms with van der Waals surface area (Å²) in [5, 5.41) is 4.54. The first-order valence-electron chi connectivity index (χ1n) is 10.8. The highest BCUT2D eigenvalue weighted by molar-refractivity contribution is 5.94. The molecular weight excluding hydrogens is 364 g/mol. The lowest BCUT2D eigenvalue weighted by atomic mass is 9.96. The fourth-order valence-corrected chi connectivity index (χ4v) is 4.54. The molecule has 1 aromatic carbocycles. The maximum absolute atomic E-state index is 13.2. The van der Waals surface area contributed by atoms with Gasteiger partial charge in [0, 0.05) is 44.0 Å². The molecule has 4 rings (SSSR count). The predicted octanol–water partition coefficient (Wildman–Crippen LogP) is 2.73. The molecule has 0 bridgehead atoms. The Kier molecular flexibility index (Phi) is 6.31. The Labute approximate surface area is 173 Å². The van der Waals surface area contributed by atoms with Crippen molar-refractivity contribution in [2.24, 2.45) is 5.92 Å². The van der Waals surface area contributed by atoms with Crippen LogP contribution in [-0.2, 0) is 11.3 Å². The summed E-state index contributed by atoms with van der Waals surface area (Å²) in [6.07, 6.45) is 2.30. The van der Waals surface area contributed by atoms with Crippen LogP contribution in [0.25, 0.3) is 0 Å². The van der Waals surface area contributed by atoms with Gasteiger partial charge in [-0.05, 0) is 56.4 Å². The molecule has 0 saturated carbocycles. The van der Waals surface area contributed by atoms with Crippen molar-refractivity contribution in [1.29, 1.82) is 0 Å². The molecule has 3 heterocycles. The van der Waals surface area contributed by atoms with E-state index in [4.69, 9.17) is 4.74 Å². The fourth-order valence-electron chi connectivity index (χ4n) is 4.54. The van der Waals surface area contributed by atoms with Gasteiger partial charge in [0.2, 0.25) is 0 Å². The van der Waals surface area contributed by atoms with E-state index in [1.165, 1.54) is 6.42 Å². The highest BCUT2D eigenvalue weighted by Crippen LogP contribution is 2.21. The lowest BCUT2D eigenvalue weighted by Gasteiger charge is -2.36. The monoisotopic (exact) mass is 396 g/mol. The molecule has 0 N–H and O–H groups in total. The summed E-state index contributed by atoms with van der Waals surface area (Å²) in [5.74, 6) is 0.718. The number of morpholine rings is 1. The maximum atomic E-state index is 13.2. The van der Waals surface area contributed by atoms with Gasteiger partial charge in [-0.15, -0.1) is 0 Å². The van der Waals surface area contributed by atoms with Crippen molar-refractivity contribution in [3.8, 4) is 0 Å². The summed E-state index contributed by atoms with van der Waals surface area (Å²) in [6, 6.07) is 10.1. The summed E-state index contributed by atoms with van der Waals surface area (Å²) >= 11 is 0. The summed E-state index contributed by atoms with van der Waals surface area (Å²) in [4.78, 5) is 17.7. The number of hydrogen-bond donors (Lipinski definition) is 0. The summed E-state index contributed by atoms with van der Waals surface area (Å²) < 4.78 is 7.45. The number of carbonyl (C=O) groups excluding carboxylic acids is 1. The number of amides is 1. The Morgan fingerprint density at radius 1 is 1.17 bits per heavy atom. The number of aryl methyl sites for hydroxylation is 2. The lowest BCUT2D eigenvalue weighted by Crippen LogP contribution is -2.46. The van der Waals surface area contributed by atoms with Crippen LogP contribution in [0.1, 0.15) is 40.2 Å². The molecule has 2 aromatic rings. The van der Waals surface area contributed by atoms with Crippen molar-refractivity contribution in [1.82, 2.24) is 19.6 Å². The topological polar surface area (TPSA) is 50.6 Å². The molecule has 0 spiro atoms. The minimum Gasteiger partial charge on any atom is -0.379 e. The van der Waals surface area contributed by atoms with Crippen LogP contribution >= 0.6 is 0 Å². The molecule has 2 saturated heterocycles. The molecule has 0 radical (unpaired) electrons. The van der Waals surface area contributed by atoms with Gasteiger partial charge in [-0.3, -0.25) is 14.4 Å². The van der Waals surface area contributed by atoms with Gasteiger partial charge in [-0.1, -0.05) is 12.1 Å². The van der Waals surface area contributed by atoms with Crippen LogP contribution in [-0.4, -0.2) is 71.4 Å². The molecule has 1 aromatic heterocycles. The number of rotatable bonds is 5. The molecule has 1 unspecified atom stereocenters. The second-order valence-corrected chi connectivity index (χ2v) is 8.46. The van der Waals surface area contributed by atoms with Crippen LogP contribution in [0.5, 0.6) is 0 Å². The number of piperidine rings is 1. The van der Waals surface area contributed by atoms with Crippen molar-refractivity contribution in [3.63, 3.8) is 0 Å². The second kappa shape index (κ2) is 9.09. The van der Waals surface area contributed by atoms with Crippen LogP contribution in [0.3, 0.4) is 0 Å². The van der Waals surface area contributed by atoms with E-state index >= 15 is 0 Å². The van der Waals surface area contributed by atoms with Gasteiger partial charge in [-0.2, -0.15) is 5.10 Å². The van der Waals surface area contributed by atoms with Gasteiger partial charge in [-0.25, -0.2) is 0 Å². The lowest BCUT2D eigenvalue weighted by molar-refractivity contribution is 0.0224.